The molecule has 3 amide bonds. The average molecular weight is 361 g/mol. The van der Waals surface area contributed by atoms with E-state index in [1.54, 1.807) is 28.4 Å². The van der Waals surface area contributed by atoms with Gasteiger partial charge in [0.05, 0.1) is 12.6 Å². The number of amides is 3. The van der Waals surface area contributed by atoms with Gasteiger partial charge in [-0.3, -0.25) is 4.79 Å². The van der Waals surface area contributed by atoms with Crippen LogP contribution in [0.2, 0.25) is 0 Å². The summed E-state index contributed by atoms with van der Waals surface area (Å²) in [5, 5.41) is 7.30. The molecule has 0 fully saturated rings. The highest BCUT2D eigenvalue weighted by Crippen LogP contribution is 2.32. The van der Waals surface area contributed by atoms with Gasteiger partial charge in [-0.1, -0.05) is 12.1 Å². The normalized spacial score (nSPS) is 16.2. The molecule has 1 aliphatic rings. The molecule has 0 radical (unpaired) electrons. The van der Waals surface area contributed by atoms with Crippen LogP contribution in [0.5, 0.6) is 0 Å². The summed E-state index contributed by atoms with van der Waals surface area (Å²) < 4.78 is 12.8. The minimum absolute atomic E-state index is 0.0339. The first-order valence-electron chi connectivity index (χ1n) is 8.16. The largest absolute Gasteiger partial charge is 0.334 e. The second-order valence-electron chi connectivity index (χ2n) is 5.97. The van der Waals surface area contributed by atoms with E-state index in [0.29, 0.717) is 6.54 Å². The molecule has 2 N–H and O–H groups in total. The Balaban J connectivity index is 1.46. The second kappa shape index (κ2) is 7.65. The fraction of sp³-hybridized carbons (Fsp3) is 0.333. The third-order valence-corrected chi connectivity index (χ3v) is 5.36. The molecule has 7 heteroatoms. The SMILES string of the molecule is CC1c2ccsc2CCN1C(=O)CNC(=O)NCc1ccc(F)cc1. The molecular weight excluding hydrogens is 341 g/mol. The summed E-state index contributed by atoms with van der Waals surface area (Å²) in [6, 6.07) is 7.57. The number of nitrogens with one attached hydrogen (secondary N) is 2. The van der Waals surface area contributed by atoms with Gasteiger partial charge in [0.2, 0.25) is 5.91 Å². The van der Waals surface area contributed by atoms with Crippen LogP contribution < -0.4 is 10.6 Å². The Morgan fingerprint density at radius 2 is 2.00 bits per heavy atom. The third kappa shape index (κ3) is 4.17. The van der Waals surface area contributed by atoms with Crippen LogP contribution in [-0.2, 0) is 17.8 Å². The number of carbonyl (C=O) groups excluding carboxylic acids is 2. The van der Waals surface area contributed by atoms with E-state index in [9.17, 15) is 14.0 Å². The Labute approximate surface area is 149 Å². The molecule has 1 aromatic carbocycles. The lowest BCUT2D eigenvalue weighted by molar-refractivity contribution is -0.132. The average Bonchev–Trinajstić information content (AvgIpc) is 3.09. The number of fused-ring (bicyclic) bond motifs is 1. The highest BCUT2D eigenvalue weighted by molar-refractivity contribution is 7.10. The van der Waals surface area contributed by atoms with Crippen molar-refractivity contribution in [3.63, 3.8) is 0 Å². The molecule has 1 aliphatic heterocycles. The lowest BCUT2D eigenvalue weighted by atomic mass is 10.0. The molecule has 1 atom stereocenters. The maximum atomic E-state index is 12.8. The lowest BCUT2D eigenvalue weighted by Crippen LogP contribution is -2.46. The first-order chi connectivity index (χ1) is 12.0. The Hall–Kier alpha value is -2.41. The minimum atomic E-state index is -0.418. The predicted octanol–water partition coefficient (Wildman–Crippen LogP) is 2.83. The highest BCUT2D eigenvalue weighted by atomic mass is 32.1. The van der Waals surface area contributed by atoms with Gasteiger partial charge in [-0.05, 0) is 48.1 Å². The van der Waals surface area contributed by atoms with Crippen molar-refractivity contribution in [2.75, 3.05) is 13.1 Å². The Kier molecular flexibility index (Phi) is 5.33. The second-order valence-corrected chi connectivity index (χ2v) is 6.98. The van der Waals surface area contributed by atoms with E-state index in [2.05, 4.69) is 22.1 Å². The molecule has 0 saturated heterocycles. The van der Waals surface area contributed by atoms with Crippen LogP contribution in [0.4, 0.5) is 9.18 Å². The van der Waals surface area contributed by atoms with Crippen molar-refractivity contribution >= 4 is 23.3 Å². The van der Waals surface area contributed by atoms with E-state index in [0.717, 1.165) is 12.0 Å². The number of hydrogen-bond donors (Lipinski definition) is 2. The lowest BCUT2D eigenvalue weighted by Gasteiger charge is -2.33. The fourth-order valence-corrected chi connectivity index (χ4v) is 3.92. The summed E-state index contributed by atoms with van der Waals surface area (Å²) in [5.74, 6) is -0.412. The van der Waals surface area contributed by atoms with Gasteiger partial charge >= 0.3 is 6.03 Å². The van der Waals surface area contributed by atoms with Gasteiger partial charge in [-0.2, -0.15) is 0 Å². The maximum absolute atomic E-state index is 12.8. The van der Waals surface area contributed by atoms with Crippen LogP contribution in [0.25, 0.3) is 0 Å². The van der Waals surface area contributed by atoms with E-state index >= 15 is 0 Å². The number of rotatable bonds is 4. The summed E-state index contributed by atoms with van der Waals surface area (Å²) in [6.07, 6.45) is 0.861. The number of urea groups is 1. The number of benzene rings is 1. The van der Waals surface area contributed by atoms with Gasteiger partial charge in [0, 0.05) is 18.0 Å². The molecule has 1 aromatic heterocycles. The number of nitrogens with zero attached hydrogens (tertiary/aromatic N) is 1. The van der Waals surface area contributed by atoms with Crippen molar-refractivity contribution in [3.8, 4) is 0 Å². The smallest absolute Gasteiger partial charge is 0.315 e. The van der Waals surface area contributed by atoms with Crippen LogP contribution in [0, 0.1) is 5.82 Å². The summed E-state index contributed by atoms with van der Waals surface area (Å²) in [4.78, 5) is 27.4. The monoisotopic (exact) mass is 361 g/mol. The van der Waals surface area contributed by atoms with Crippen LogP contribution in [0.3, 0.4) is 0 Å². The van der Waals surface area contributed by atoms with Gasteiger partial charge in [-0.15, -0.1) is 11.3 Å². The summed E-state index contributed by atoms with van der Waals surface area (Å²) in [7, 11) is 0. The highest BCUT2D eigenvalue weighted by Gasteiger charge is 2.28. The molecule has 0 aliphatic carbocycles. The molecule has 132 valence electrons. The van der Waals surface area contributed by atoms with Gasteiger partial charge in [0.15, 0.2) is 0 Å². The first-order valence-corrected chi connectivity index (χ1v) is 9.04. The van der Waals surface area contributed by atoms with E-state index in [4.69, 9.17) is 0 Å². The predicted molar refractivity (Wildman–Crippen MR) is 94.8 cm³/mol. The molecule has 0 bridgehead atoms. The Bertz CT molecular complexity index is 760. The standard InChI is InChI=1S/C18H20FN3O2S/c1-12-15-7-9-25-16(15)6-8-22(12)17(23)11-21-18(24)20-10-13-2-4-14(19)5-3-13/h2-5,7,9,12H,6,8,10-11H2,1H3,(H2,20,21,24). The van der Waals surface area contributed by atoms with E-state index in [1.807, 2.05) is 6.92 Å². The maximum Gasteiger partial charge on any atom is 0.315 e. The van der Waals surface area contributed by atoms with Crippen LogP contribution in [0.1, 0.15) is 29.0 Å². The fourth-order valence-electron chi connectivity index (χ4n) is 2.95. The molecular formula is C18H20FN3O2S. The number of hydrogen-bond acceptors (Lipinski definition) is 3. The number of thiophene rings is 1. The quantitative estimate of drug-likeness (QED) is 0.880. The number of halogens is 1. The van der Waals surface area contributed by atoms with Crippen LogP contribution in [0.15, 0.2) is 35.7 Å². The summed E-state index contributed by atoms with van der Waals surface area (Å²) in [5.41, 5.74) is 1.99. The van der Waals surface area contributed by atoms with Crippen molar-refractivity contribution in [2.45, 2.75) is 25.9 Å². The zero-order valence-corrected chi connectivity index (χ0v) is 14.7. The molecule has 0 saturated carbocycles. The van der Waals surface area contributed by atoms with Crippen molar-refractivity contribution in [3.05, 3.63) is 57.5 Å². The van der Waals surface area contributed by atoms with E-state index in [1.165, 1.54) is 22.6 Å². The molecule has 2 heterocycles. The van der Waals surface area contributed by atoms with Crippen LogP contribution in [-0.4, -0.2) is 29.9 Å². The third-order valence-electron chi connectivity index (χ3n) is 4.36. The molecule has 2 aromatic rings. The molecule has 1 unspecified atom stereocenters. The minimum Gasteiger partial charge on any atom is -0.334 e. The van der Waals surface area contributed by atoms with Gasteiger partial charge in [0.25, 0.3) is 0 Å². The Morgan fingerprint density at radius 3 is 2.76 bits per heavy atom. The van der Waals surface area contributed by atoms with Gasteiger partial charge in [0.1, 0.15) is 5.82 Å². The zero-order chi connectivity index (χ0) is 17.8. The molecule has 5 nitrogen and oxygen atoms in total. The van der Waals surface area contributed by atoms with Gasteiger partial charge in [-0.25, -0.2) is 9.18 Å². The van der Waals surface area contributed by atoms with E-state index < -0.39 is 6.03 Å². The molecule has 0 spiro atoms. The zero-order valence-electron chi connectivity index (χ0n) is 13.9. The number of carbonyl (C=O) groups is 2. The molecule has 3 rings (SSSR count). The summed E-state index contributed by atoms with van der Waals surface area (Å²) in [6.45, 7) is 2.92. The van der Waals surface area contributed by atoms with Crippen molar-refractivity contribution in [1.29, 1.82) is 0 Å². The van der Waals surface area contributed by atoms with Crippen molar-refractivity contribution in [2.24, 2.45) is 0 Å². The summed E-state index contributed by atoms with van der Waals surface area (Å²) >= 11 is 1.73. The Morgan fingerprint density at radius 1 is 1.24 bits per heavy atom. The molecule has 25 heavy (non-hydrogen) atoms. The topological polar surface area (TPSA) is 61.4 Å². The first kappa shape index (κ1) is 17.4. The van der Waals surface area contributed by atoms with E-state index in [-0.39, 0.29) is 30.9 Å². The van der Waals surface area contributed by atoms with Crippen molar-refractivity contribution in [1.82, 2.24) is 15.5 Å². The van der Waals surface area contributed by atoms with Crippen LogP contribution >= 0.6 is 11.3 Å². The van der Waals surface area contributed by atoms with Crippen molar-refractivity contribution < 1.29 is 14.0 Å². The van der Waals surface area contributed by atoms with Gasteiger partial charge < -0.3 is 15.5 Å².